The van der Waals surface area contributed by atoms with Crippen LogP contribution in [-0.2, 0) is 0 Å². The van der Waals surface area contributed by atoms with Gasteiger partial charge >= 0.3 is 0 Å². The average Bonchev–Trinajstić information content (AvgIpc) is 2.79. The molecule has 1 heterocycles. The molecular formula is C13H19FN2S. The maximum absolute atomic E-state index is 12.8. The van der Waals surface area contributed by atoms with E-state index in [9.17, 15) is 4.39 Å². The van der Waals surface area contributed by atoms with Crippen LogP contribution >= 0.6 is 11.8 Å². The molecule has 0 amide bonds. The minimum Gasteiger partial charge on any atom is -0.398 e. The van der Waals surface area contributed by atoms with Crippen molar-refractivity contribution in [2.24, 2.45) is 0 Å². The lowest BCUT2D eigenvalue weighted by Gasteiger charge is -2.13. The van der Waals surface area contributed by atoms with E-state index in [4.69, 9.17) is 5.73 Å². The van der Waals surface area contributed by atoms with Gasteiger partial charge < -0.3 is 10.6 Å². The SMILES string of the molecule is Nc1cc(F)ccc1SCCCN1CCCC1. The summed E-state index contributed by atoms with van der Waals surface area (Å²) in [7, 11) is 0. The van der Waals surface area contributed by atoms with Crippen molar-refractivity contribution in [2.45, 2.75) is 24.2 Å². The summed E-state index contributed by atoms with van der Waals surface area (Å²) in [5.41, 5.74) is 6.31. The zero-order valence-electron chi connectivity index (χ0n) is 9.99. The van der Waals surface area contributed by atoms with E-state index in [1.54, 1.807) is 17.8 Å². The number of likely N-dealkylation sites (tertiary alicyclic amines) is 1. The molecule has 2 rings (SSSR count). The van der Waals surface area contributed by atoms with Crippen molar-refractivity contribution in [1.29, 1.82) is 0 Å². The summed E-state index contributed by atoms with van der Waals surface area (Å²) in [6.45, 7) is 3.68. The molecule has 0 bridgehead atoms. The maximum Gasteiger partial charge on any atom is 0.125 e. The first-order valence-corrected chi connectivity index (χ1v) is 7.14. The fourth-order valence-electron chi connectivity index (χ4n) is 2.13. The highest BCUT2D eigenvalue weighted by Crippen LogP contribution is 2.26. The lowest BCUT2D eigenvalue weighted by molar-refractivity contribution is 0.341. The van der Waals surface area contributed by atoms with Crippen LogP contribution < -0.4 is 5.73 Å². The van der Waals surface area contributed by atoms with Crippen molar-refractivity contribution in [1.82, 2.24) is 4.90 Å². The number of benzene rings is 1. The lowest BCUT2D eigenvalue weighted by atomic mass is 10.3. The molecule has 0 aliphatic carbocycles. The number of nitrogens with zero attached hydrogens (tertiary/aromatic N) is 1. The molecule has 17 heavy (non-hydrogen) atoms. The smallest absolute Gasteiger partial charge is 0.125 e. The largest absolute Gasteiger partial charge is 0.398 e. The second-order valence-corrected chi connectivity index (χ2v) is 5.57. The van der Waals surface area contributed by atoms with Gasteiger partial charge in [-0.05, 0) is 62.8 Å². The minimum absolute atomic E-state index is 0.260. The molecule has 4 heteroatoms. The van der Waals surface area contributed by atoms with Gasteiger partial charge in [-0.2, -0.15) is 0 Å². The first-order valence-electron chi connectivity index (χ1n) is 6.16. The van der Waals surface area contributed by atoms with Gasteiger partial charge in [0.15, 0.2) is 0 Å². The average molecular weight is 254 g/mol. The molecule has 1 aliphatic rings. The van der Waals surface area contributed by atoms with Gasteiger partial charge in [0, 0.05) is 10.6 Å². The number of nitrogen functional groups attached to an aromatic ring is 1. The van der Waals surface area contributed by atoms with E-state index in [1.807, 2.05) is 0 Å². The number of thioether (sulfide) groups is 1. The van der Waals surface area contributed by atoms with Gasteiger partial charge in [0.05, 0.1) is 0 Å². The van der Waals surface area contributed by atoms with Crippen LogP contribution in [0.1, 0.15) is 19.3 Å². The molecule has 1 aromatic rings. The van der Waals surface area contributed by atoms with E-state index in [2.05, 4.69) is 4.90 Å². The summed E-state index contributed by atoms with van der Waals surface area (Å²) < 4.78 is 12.8. The first kappa shape index (κ1) is 12.7. The highest BCUT2D eigenvalue weighted by atomic mass is 32.2. The molecule has 0 saturated carbocycles. The van der Waals surface area contributed by atoms with Crippen LogP contribution in [0.5, 0.6) is 0 Å². The van der Waals surface area contributed by atoms with Crippen molar-refractivity contribution in [3.63, 3.8) is 0 Å². The Kier molecular flexibility index (Phi) is 4.68. The molecule has 0 atom stereocenters. The zero-order valence-corrected chi connectivity index (χ0v) is 10.8. The van der Waals surface area contributed by atoms with Crippen molar-refractivity contribution < 1.29 is 4.39 Å². The molecule has 1 aliphatic heterocycles. The number of rotatable bonds is 5. The lowest BCUT2D eigenvalue weighted by Crippen LogP contribution is -2.20. The maximum atomic E-state index is 12.8. The quantitative estimate of drug-likeness (QED) is 0.497. The highest BCUT2D eigenvalue weighted by Gasteiger charge is 2.10. The van der Waals surface area contributed by atoms with Crippen LogP contribution in [0.15, 0.2) is 23.1 Å². The fraction of sp³-hybridized carbons (Fsp3) is 0.538. The standard InChI is InChI=1S/C13H19FN2S/c14-11-4-5-13(12(15)10-11)17-9-3-8-16-6-1-2-7-16/h4-5,10H,1-3,6-9,15H2. The molecule has 1 fully saturated rings. The Morgan fingerprint density at radius 2 is 2.06 bits per heavy atom. The van der Waals surface area contributed by atoms with Crippen molar-refractivity contribution in [2.75, 3.05) is 31.1 Å². The molecule has 1 saturated heterocycles. The Labute approximate surface area is 106 Å². The molecule has 1 aromatic carbocycles. The van der Waals surface area contributed by atoms with Gasteiger partial charge in [0.2, 0.25) is 0 Å². The molecule has 0 unspecified atom stereocenters. The third-order valence-corrected chi connectivity index (χ3v) is 4.22. The van der Waals surface area contributed by atoms with Crippen molar-refractivity contribution in [3.8, 4) is 0 Å². The number of hydrogen-bond acceptors (Lipinski definition) is 3. The Morgan fingerprint density at radius 1 is 1.29 bits per heavy atom. The van der Waals surface area contributed by atoms with E-state index in [0.29, 0.717) is 5.69 Å². The molecule has 0 radical (unpaired) electrons. The highest BCUT2D eigenvalue weighted by molar-refractivity contribution is 7.99. The second-order valence-electron chi connectivity index (χ2n) is 4.43. The topological polar surface area (TPSA) is 29.3 Å². The second kappa shape index (κ2) is 6.26. The fourth-order valence-corrected chi connectivity index (χ4v) is 3.01. The van der Waals surface area contributed by atoms with Crippen molar-refractivity contribution >= 4 is 17.4 Å². The first-order chi connectivity index (χ1) is 8.25. The van der Waals surface area contributed by atoms with E-state index >= 15 is 0 Å². The van der Waals surface area contributed by atoms with Gasteiger partial charge in [0.25, 0.3) is 0 Å². The molecule has 0 aromatic heterocycles. The Balaban J connectivity index is 1.70. The van der Waals surface area contributed by atoms with Crippen LogP contribution in [0.25, 0.3) is 0 Å². The number of hydrogen-bond donors (Lipinski definition) is 1. The summed E-state index contributed by atoms with van der Waals surface area (Å²) in [5.74, 6) is 0.788. The van der Waals surface area contributed by atoms with E-state index in [-0.39, 0.29) is 5.82 Å². The molecule has 0 spiro atoms. The molecule has 94 valence electrons. The monoisotopic (exact) mass is 254 g/mol. The summed E-state index contributed by atoms with van der Waals surface area (Å²) in [5, 5.41) is 0. The van der Waals surface area contributed by atoms with E-state index < -0.39 is 0 Å². The van der Waals surface area contributed by atoms with Crippen LogP contribution in [0.4, 0.5) is 10.1 Å². The Morgan fingerprint density at radius 3 is 2.76 bits per heavy atom. The van der Waals surface area contributed by atoms with E-state index in [0.717, 1.165) is 10.6 Å². The summed E-state index contributed by atoms with van der Waals surface area (Å²) in [6.07, 6.45) is 3.86. The van der Waals surface area contributed by atoms with Gasteiger partial charge in [0.1, 0.15) is 5.82 Å². The summed E-state index contributed by atoms with van der Waals surface area (Å²) in [6, 6.07) is 4.63. The molecule has 2 nitrogen and oxygen atoms in total. The summed E-state index contributed by atoms with van der Waals surface area (Å²) >= 11 is 1.72. The third-order valence-electron chi connectivity index (χ3n) is 3.05. The summed E-state index contributed by atoms with van der Waals surface area (Å²) in [4.78, 5) is 3.50. The van der Waals surface area contributed by atoms with E-state index in [1.165, 1.54) is 51.0 Å². The number of nitrogens with two attached hydrogens (primary N) is 1. The van der Waals surface area contributed by atoms with Crippen molar-refractivity contribution in [3.05, 3.63) is 24.0 Å². The van der Waals surface area contributed by atoms with Crippen LogP contribution in [0.3, 0.4) is 0 Å². The zero-order chi connectivity index (χ0) is 12.1. The van der Waals surface area contributed by atoms with Crippen LogP contribution in [0.2, 0.25) is 0 Å². The van der Waals surface area contributed by atoms with Gasteiger partial charge in [-0.3, -0.25) is 0 Å². The predicted molar refractivity (Wildman–Crippen MR) is 71.8 cm³/mol. The third kappa shape index (κ3) is 3.89. The Bertz CT molecular complexity index is 364. The van der Waals surface area contributed by atoms with Gasteiger partial charge in [-0.1, -0.05) is 0 Å². The minimum atomic E-state index is -0.260. The van der Waals surface area contributed by atoms with Crippen LogP contribution in [-0.4, -0.2) is 30.3 Å². The number of halogens is 1. The Hall–Kier alpha value is -0.740. The molecule has 2 N–H and O–H groups in total. The van der Waals surface area contributed by atoms with Gasteiger partial charge in [-0.25, -0.2) is 4.39 Å². The van der Waals surface area contributed by atoms with Gasteiger partial charge in [-0.15, -0.1) is 11.8 Å². The molecular weight excluding hydrogens is 235 g/mol. The number of anilines is 1. The normalized spacial score (nSPS) is 16.5. The van der Waals surface area contributed by atoms with Crippen LogP contribution in [0, 0.1) is 5.82 Å². The predicted octanol–water partition coefficient (Wildman–Crippen LogP) is 2.99.